The summed E-state index contributed by atoms with van der Waals surface area (Å²) >= 11 is 0. The van der Waals surface area contributed by atoms with Gasteiger partial charge in [0.05, 0.1) is 11.4 Å². The molecule has 1 heterocycles. The summed E-state index contributed by atoms with van der Waals surface area (Å²) in [4.78, 5) is 0. The van der Waals surface area contributed by atoms with Gasteiger partial charge in [0, 0.05) is 11.3 Å². The zero-order valence-corrected chi connectivity index (χ0v) is 11.2. The van der Waals surface area contributed by atoms with Crippen LogP contribution < -0.4 is 5.73 Å². The molecule has 0 aliphatic carbocycles. The highest BCUT2D eigenvalue weighted by Gasteiger charge is 2.07. The van der Waals surface area contributed by atoms with Crippen molar-refractivity contribution >= 4 is 5.84 Å². The topological polar surface area (TPSA) is 76.4 Å². The number of benzene rings is 1. The Bertz CT molecular complexity index is 584. The summed E-state index contributed by atoms with van der Waals surface area (Å²) in [6.45, 7) is 4.20. The summed E-state index contributed by atoms with van der Waals surface area (Å²) in [5, 5.41) is 16.2. The van der Waals surface area contributed by atoms with Crippen molar-refractivity contribution in [2.45, 2.75) is 26.7 Å². The molecule has 5 nitrogen and oxygen atoms in total. The normalized spacial score (nSPS) is 11.8. The molecule has 0 radical (unpaired) electrons. The van der Waals surface area contributed by atoms with E-state index in [1.807, 2.05) is 28.9 Å². The van der Waals surface area contributed by atoms with E-state index in [-0.39, 0.29) is 5.84 Å². The van der Waals surface area contributed by atoms with Gasteiger partial charge in [-0.3, -0.25) is 0 Å². The average molecular weight is 258 g/mol. The predicted octanol–water partition coefficient (Wildman–Crippen LogP) is 2.09. The van der Waals surface area contributed by atoms with Crippen LogP contribution in [0.5, 0.6) is 0 Å². The first-order chi connectivity index (χ1) is 9.19. The summed E-state index contributed by atoms with van der Waals surface area (Å²) < 4.78 is 1.94. The Morgan fingerprint density at radius 1 is 1.26 bits per heavy atom. The molecule has 5 heteroatoms. The number of nitrogens with zero attached hydrogens (tertiary/aromatic N) is 3. The Morgan fingerprint density at radius 3 is 2.47 bits per heavy atom. The van der Waals surface area contributed by atoms with Crippen molar-refractivity contribution in [1.29, 1.82) is 0 Å². The van der Waals surface area contributed by atoms with Crippen LogP contribution in [0.4, 0.5) is 0 Å². The van der Waals surface area contributed by atoms with E-state index >= 15 is 0 Å². The van der Waals surface area contributed by atoms with E-state index in [2.05, 4.69) is 30.2 Å². The van der Waals surface area contributed by atoms with Gasteiger partial charge in [-0.05, 0) is 43.2 Å². The average Bonchev–Trinajstić information content (AvgIpc) is 2.90. The minimum absolute atomic E-state index is 0.108. The molecule has 2 rings (SSSR count). The highest BCUT2D eigenvalue weighted by Crippen LogP contribution is 2.15. The van der Waals surface area contributed by atoms with E-state index < -0.39 is 0 Å². The van der Waals surface area contributed by atoms with E-state index in [0.29, 0.717) is 5.56 Å². The number of rotatable bonds is 4. The third-order valence-electron chi connectivity index (χ3n) is 3.07. The first-order valence-electron chi connectivity index (χ1n) is 6.35. The van der Waals surface area contributed by atoms with E-state index in [9.17, 15) is 0 Å². The van der Waals surface area contributed by atoms with E-state index in [1.54, 1.807) is 0 Å². The lowest BCUT2D eigenvalue weighted by molar-refractivity contribution is 0.318. The van der Waals surface area contributed by atoms with Crippen LogP contribution in [0.3, 0.4) is 0 Å². The van der Waals surface area contributed by atoms with Crippen LogP contribution in [0.15, 0.2) is 35.5 Å². The highest BCUT2D eigenvalue weighted by molar-refractivity contribution is 5.97. The van der Waals surface area contributed by atoms with Gasteiger partial charge in [0.2, 0.25) is 0 Å². The Balaban J connectivity index is 2.39. The highest BCUT2D eigenvalue weighted by atomic mass is 16.4. The van der Waals surface area contributed by atoms with Crippen molar-refractivity contribution in [2.24, 2.45) is 10.9 Å². The van der Waals surface area contributed by atoms with Crippen LogP contribution in [0.2, 0.25) is 0 Å². The summed E-state index contributed by atoms with van der Waals surface area (Å²) in [6.07, 6.45) is 1.84. The molecule has 0 saturated carbocycles. The standard InChI is InChI=1S/C14H18N4O/c1-3-11-9-12(4-2)18(16-11)13-7-5-10(6-8-13)14(15)17-19/h5-9,19H,3-4H2,1-2H3,(H2,15,17). The van der Waals surface area contributed by atoms with Gasteiger partial charge in [0.1, 0.15) is 0 Å². The van der Waals surface area contributed by atoms with Crippen LogP contribution in [0.25, 0.3) is 5.69 Å². The molecule has 0 amide bonds. The Hall–Kier alpha value is -2.30. The van der Waals surface area contributed by atoms with Gasteiger partial charge in [-0.15, -0.1) is 0 Å². The number of hydrogen-bond donors (Lipinski definition) is 2. The maximum Gasteiger partial charge on any atom is 0.170 e. The molecule has 1 aromatic carbocycles. The minimum Gasteiger partial charge on any atom is -0.409 e. The molecule has 0 saturated heterocycles. The molecular weight excluding hydrogens is 240 g/mol. The van der Waals surface area contributed by atoms with Gasteiger partial charge in [-0.25, -0.2) is 4.68 Å². The zero-order valence-electron chi connectivity index (χ0n) is 11.2. The molecule has 19 heavy (non-hydrogen) atoms. The fourth-order valence-electron chi connectivity index (χ4n) is 1.95. The molecular formula is C14H18N4O. The number of oxime groups is 1. The molecule has 0 atom stereocenters. The van der Waals surface area contributed by atoms with Crippen LogP contribution >= 0.6 is 0 Å². The fourth-order valence-corrected chi connectivity index (χ4v) is 1.95. The Labute approximate surface area is 112 Å². The van der Waals surface area contributed by atoms with Crippen LogP contribution in [-0.4, -0.2) is 20.8 Å². The number of hydrogen-bond acceptors (Lipinski definition) is 3. The van der Waals surface area contributed by atoms with Crippen molar-refractivity contribution in [2.75, 3.05) is 0 Å². The second kappa shape index (κ2) is 5.56. The number of nitrogens with two attached hydrogens (primary N) is 1. The molecule has 0 aliphatic heterocycles. The van der Waals surface area contributed by atoms with Crippen molar-refractivity contribution in [3.8, 4) is 5.69 Å². The second-order valence-corrected chi connectivity index (χ2v) is 4.28. The second-order valence-electron chi connectivity index (χ2n) is 4.28. The first-order valence-corrected chi connectivity index (χ1v) is 6.35. The molecule has 3 N–H and O–H groups in total. The molecule has 2 aromatic rings. The van der Waals surface area contributed by atoms with Gasteiger partial charge < -0.3 is 10.9 Å². The smallest absolute Gasteiger partial charge is 0.170 e. The van der Waals surface area contributed by atoms with Crippen molar-refractivity contribution < 1.29 is 5.21 Å². The fraction of sp³-hybridized carbons (Fsp3) is 0.286. The molecule has 0 fully saturated rings. The van der Waals surface area contributed by atoms with E-state index in [4.69, 9.17) is 10.9 Å². The SMILES string of the molecule is CCc1cc(CC)n(-c2ccc(/C(N)=N/O)cc2)n1. The Morgan fingerprint density at radius 2 is 1.95 bits per heavy atom. The third kappa shape index (κ3) is 2.59. The quantitative estimate of drug-likeness (QED) is 0.381. The Kier molecular flexibility index (Phi) is 3.85. The van der Waals surface area contributed by atoms with E-state index in [1.165, 1.54) is 5.69 Å². The summed E-state index contributed by atoms with van der Waals surface area (Å²) in [5.74, 6) is 0.108. The lowest BCUT2D eigenvalue weighted by Gasteiger charge is -2.06. The molecule has 0 unspecified atom stereocenters. The van der Waals surface area contributed by atoms with Gasteiger partial charge in [-0.1, -0.05) is 19.0 Å². The van der Waals surface area contributed by atoms with Gasteiger partial charge in [-0.2, -0.15) is 5.10 Å². The van der Waals surface area contributed by atoms with Crippen molar-refractivity contribution in [1.82, 2.24) is 9.78 Å². The third-order valence-corrected chi connectivity index (χ3v) is 3.07. The predicted molar refractivity (Wildman–Crippen MR) is 74.8 cm³/mol. The summed E-state index contributed by atoms with van der Waals surface area (Å²) in [5.41, 5.74) is 9.46. The summed E-state index contributed by atoms with van der Waals surface area (Å²) in [6, 6.07) is 9.59. The summed E-state index contributed by atoms with van der Waals surface area (Å²) in [7, 11) is 0. The van der Waals surface area contributed by atoms with Gasteiger partial charge >= 0.3 is 0 Å². The minimum atomic E-state index is 0.108. The van der Waals surface area contributed by atoms with Crippen LogP contribution in [0, 0.1) is 0 Å². The lowest BCUT2D eigenvalue weighted by atomic mass is 10.2. The zero-order chi connectivity index (χ0) is 13.8. The maximum atomic E-state index is 8.64. The van der Waals surface area contributed by atoms with Crippen LogP contribution in [-0.2, 0) is 12.8 Å². The number of aryl methyl sites for hydroxylation is 2. The first kappa shape index (κ1) is 13.1. The van der Waals surface area contributed by atoms with E-state index in [0.717, 1.165) is 24.2 Å². The maximum absolute atomic E-state index is 8.64. The number of amidine groups is 1. The molecule has 0 spiro atoms. The van der Waals surface area contributed by atoms with Crippen LogP contribution in [0.1, 0.15) is 30.8 Å². The molecule has 0 aliphatic rings. The lowest BCUT2D eigenvalue weighted by Crippen LogP contribution is -2.13. The largest absolute Gasteiger partial charge is 0.409 e. The van der Waals surface area contributed by atoms with Crippen molar-refractivity contribution in [3.63, 3.8) is 0 Å². The molecule has 100 valence electrons. The van der Waals surface area contributed by atoms with Gasteiger partial charge in [0.15, 0.2) is 5.84 Å². The number of aromatic nitrogens is 2. The molecule has 1 aromatic heterocycles. The monoisotopic (exact) mass is 258 g/mol. The van der Waals surface area contributed by atoms with Crippen molar-refractivity contribution in [3.05, 3.63) is 47.3 Å². The van der Waals surface area contributed by atoms with Gasteiger partial charge in [0.25, 0.3) is 0 Å². The molecule has 0 bridgehead atoms.